The van der Waals surface area contributed by atoms with Crippen LogP contribution in [0, 0.1) is 0 Å². The van der Waals surface area contributed by atoms with Crippen molar-refractivity contribution in [3.63, 3.8) is 0 Å². The predicted octanol–water partition coefficient (Wildman–Crippen LogP) is 2.31. The van der Waals surface area contributed by atoms with Gasteiger partial charge in [0, 0.05) is 41.6 Å². The highest BCUT2D eigenvalue weighted by Crippen LogP contribution is 2.38. The second kappa shape index (κ2) is 6.06. The molecule has 1 fully saturated rings. The minimum atomic E-state index is -4.56. The second-order valence-electron chi connectivity index (χ2n) is 5.40. The maximum atomic E-state index is 12.7. The van der Waals surface area contributed by atoms with E-state index < -0.39 is 22.6 Å². The number of hydrogen-bond acceptors (Lipinski definition) is 3. The molecule has 21 heavy (non-hydrogen) atoms. The number of alkyl halides is 3. The molecular formula is C14H18F3NO2S. The van der Waals surface area contributed by atoms with E-state index in [4.69, 9.17) is 0 Å². The van der Waals surface area contributed by atoms with E-state index in [1.165, 1.54) is 0 Å². The average Bonchev–Trinajstić information content (AvgIpc) is 2.41. The van der Waals surface area contributed by atoms with Crippen LogP contribution in [0.4, 0.5) is 13.2 Å². The van der Waals surface area contributed by atoms with E-state index in [2.05, 4.69) is 0 Å². The molecule has 1 saturated heterocycles. The van der Waals surface area contributed by atoms with Gasteiger partial charge in [0.05, 0.1) is 0 Å². The molecule has 0 amide bonds. The van der Waals surface area contributed by atoms with Crippen molar-refractivity contribution >= 4 is 10.8 Å². The molecule has 0 aliphatic carbocycles. The van der Waals surface area contributed by atoms with Crippen molar-refractivity contribution in [2.75, 3.05) is 19.3 Å². The Labute approximate surface area is 124 Å². The number of likely N-dealkylation sites (tertiary alicyclic amines) is 1. The third-order valence-electron chi connectivity index (χ3n) is 3.87. The maximum Gasteiger partial charge on any atom is 0.417 e. The first-order valence-electron chi connectivity index (χ1n) is 6.65. The Morgan fingerprint density at radius 3 is 2.19 bits per heavy atom. The quantitative estimate of drug-likeness (QED) is 0.929. The molecule has 1 aliphatic rings. The number of halogens is 3. The zero-order valence-corrected chi connectivity index (χ0v) is 12.5. The van der Waals surface area contributed by atoms with Crippen LogP contribution in [-0.2, 0) is 17.3 Å². The van der Waals surface area contributed by atoms with Crippen LogP contribution in [0.5, 0.6) is 0 Å². The van der Waals surface area contributed by atoms with Crippen molar-refractivity contribution in [3.8, 4) is 0 Å². The first kappa shape index (κ1) is 16.5. The summed E-state index contributed by atoms with van der Waals surface area (Å²) in [5.74, 6) is 0. The molecule has 0 bridgehead atoms. The summed E-state index contributed by atoms with van der Waals surface area (Å²) < 4.78 is 49.4. The number of nitrogens with zero attached hydrogens (tertiary/aromatic N) is 1. The normalized spacial score (nSPS) is 21.2. The first-order chi connectivity index (χ1) is 9.71. The van der Waals surface area contributed by atoms with Crippen LogP contribution in [0.1, 0.15) is 18.4 Å². The highest BCUT2D eigenvalue weighted by molar-refractivity contribution is 7.84. The van der Waals surface area contributed by atoms with Gasteiger partial charge in [-0.1, -0.05) is 12.1 Å². The largest absolute Gasteiger partial charge is 0.417 e. The van der Waals surface area contributed by atoms with Crippen LogP contribution in [-0.4, -0.2) is 45.3 Å². The molecule has 0 aromatic heterocycles. The van der Waals surface area contributed by atoms with Crippen LogP contribution < -0.4 is 0 Å². The summed E-state index contributed by atoms with van der Waals surface area (Å²) in [6, 6.07) is 7.20. The fraction of sp³-hybridized carbons (Fsp3) is 0.571. The minimum absolute atomic E-state index is 0.206. The van der Waals surface area contributed by atoms with Crippen molar-refractivity contribution in [3.05, 3.63) is 29.8 Å². The molecule has 1 N–H and O–H groups in total. The van der Waals surface area contributed by atoms with Gasteiger partial charge < -0.3 is 5.11 Å². The third-order valence-corrected chi connectivity index (χ3v) is 4.81. The van der Waals surface area contributed by atoms with Gasteiger partial charge in [0.2, 0.25) is 0 Å². The van der Waals surface area contributed by atoms with Gasteiger partial charge in [-0.2, -0.15) is 13.2 Å². The Bertz CT molecular complexity index is 508. The summed E-state index contributed by atoms with van der Waals surface area (Å²) in [6.07, 6.45) is -3.56. The van der Waals surface area contributed by atoms with E-state index in [-0.39, 0.29) is 25.9 Å². The molecule has 1 aromatic carbocycles. The molecule has 3 nitrogen and oxygen atoms in total. The van der Waals surface area contributed by atoms with Gasteiger partial charge in [0.25, 0.3) is 0 Å². The molecule has 118 valence electrons. The highest BCUT2D eigenvalue weighted by atomic mass is 32.2. The Morgan fingerprint density at radius 1 is 1.24 bits per heavy atom. The molecule has 1 aliphatic heterocycles. The average molecular weight is 321 g/mol. The number of aliphatic hydroxyl groups is 1. The molecule has 0 unspecified atom stereocenters. The minimum Gasteiger partial charge on any atom is -0.380 e. The van der Waals surface area contributed by atoms with Gasteiger partial charge in [-0.15, -0.1) is 0 Å². The second-order valence-corrected chi connectivity index (χ2v) is 6.78. The van der Waals surface area contributed by atoms with E-state index in [0.29, 0.717) is 6.54 Å². The predicted molar refractivity (Wildman–Crippen MR) is 74.3 cm³/mol. The van der Waals surface area contributed by atoms with Crippen molar-refractivity contribution < 1.29 is 22.5 Å². The van der Waals surface area contributed by atoms with E-state index in [9.17, 15) is 22.5 Å². The van der Waals surface area contributed by atoms with Crippen LogP contribution in [0.3, 0.4) is 0 Å². The Kier molecular flexibility index (Phi) is 4.75. The molecule has 1 aromatic rings. The summed E-state index contributed by atoms with van der Waals surface area (Å²) in [4.78, 5) is 2.61. The SMILES string of the molecule is C[S@](=O)c1ccc(CN2CCC(O)(C(F)(F)F)CC2)cc1. The summed E-state index contributed by atoms with van der Waals surface area (Å²) in [6.45, 7) is 0.944. The maximum absolute atomic E-state index is 12.7. The van der Waals surface area contributed by atoms with E-state index in [0.717, 1.165) is 10.5 Å². The molecular weight excluding hydrogens is 303 g/mol. The van der Waals surface area contributed by atoms with Crippen LogP contribution >= 0.6 is 0 Å². The van der Waals surface area contributed by atoms with Gasteiger partial charge in [0.15, 0.2) is 5.60 Å². The van der Waals surface area contributed by atoms with Crippen LogP contribution in [0.15, 0.2) is 29.2 Å². The third kappa shape index (κ3) is 3.84. The molecule has 0 spiro atoms. The number of benzene rings is 1. The summed E-state index contributed by atoms with van der Waals surface area (Å²) >= 11 is 0. The lowest BCUT2D eigenvalue weighted by molar-refractivity contribution is -0.272. The monoisotopic (exact) mass is 321 g/mol. The lowest BCUT2D eigenvalue weighted by Crippen LogP contribution is -2.53. The Morgan fingerprint density at radius 2 is 1.76 bits per heavy atom. The summed E-state index contributed by atoms with van der Waals surface area (Å²) in [5.41, 5.74) is -1.59. The van der Waals surface area contributed by atoms with Gasteiger partial charge >= 0.3 is 6.18 Å². The first-order valence-corrected chi connectivity index (χ1v) is 8.21. The van der Waals surface area contributed by atoms with E-state index >= 15 is 0 Å². The van der Waals surface area contributed by atoms with Gasteiger partial charge in [-0.25, -0.2) is 0 Å². The fourth-order valence-electron chi connectivity index (χ4n) is 2.41. The van der Waals surface area contributed by atoms with Gasteiger partial charge in [-0.3, -0.25) is 9.11 Å². The highest BCUT2D eigenvalue weighted by Gasteiger charge is 2.54. The smallest absolute Gasteiger partial charge is 0.380 e. The lowest BCUT2D eigenvalue weighted by Gasteiger charge is -2.39. The Balaban J connectivity index is 1.93. The number of hydrogen-bond donors (Lipinski definition) is 1. The molecule has 7 heteroatoms. The van der Waals surface area contributed by atoms with Crippen molar-refractivity contribution in [1.82, 2.24) is 4.90 Å². The summed E-state index contributed by atoms with van der Waals surface area (Å²) in [5, 5.41) is 9.60. The van der Waals surface area contributed by atoms with E-state index in [1.54, 1.807) is 18.4 Å². The van der Waals surface area contributed by atoms with Crippen LogP contribution in [0.25, 0.3) is 0 Å². The van der Waals surface area contributed by atoms with E-state index in [1.807, 2.05) is 17.0 Å². The summed E-state index contributed by atoms with van der Waals surface area (Å²) in [7, 11) is -1.04. The van der Waals surface area contributed by atoms with Crippen molar-refractivity contribution in [2.45, 2.75) is 36.1 Å². The standard InChI is InChI=1S/C14H18F3NO2S/c1-21(20)12-4-2-11(3-5-12)10-18-8-6-13(19,7-9-18)14(15,16)17/h2-5,19H,6-10H2,1H3/t21-/m0/s1. The topological polar surface area (TPSA) is 40.5 Å². The van der Waals surface area contributed by atoms with Gasteiger partial charge in [0.1, 0.15) is 0 Å². The molecule has 1 heterocycles. The number of rotatable bonds is 3. The van der Waals surface area contributed by atoms with Crippen molar-refractivity contribution in [2.24, 2.45) is 0 Å². The fourth-order valence-corrected chi connectivity index (χ4v) is 2.93. The number of piperidine rings is 1. The van der Waals surface area contributed by atoms with Crippen molar-refractivity contribution in [1.29, 1.82) is 0 Å². The Hall–Kier alpha value is -0.920. The molecule has 0 saturated carbocycles. The van der Waals surface area contributed by atoms with Gasteiger partial charge in [-0.05, 0) is 30.5 Å². The molecule has 2 rings (SSSR count). The zero-order valence-electron chi connectivity index (χ0n) is 11.7. The van der Waals surface area contributed by atoms with Crippen LogP contribution in [0.2, 0.25) is 0 Å². The zero-order chi connectivity index (χ0) is 15.7. The molecule has 0 radical (unpaired) electrons. The molecule has 1 atom stereocenters. The lowest BCUT2D eigenvalue weighted by atomic mass is 9.90.